The third-order valence-electron chi connectivity index (χ3n) is 2.51. The zero-order valence-corrected chi connectivity index (χ0v) is 10.9. The highest BCUT2D eigenvalue weighted by molar-refractivity contribution is 6.28. The summed E-state index contributed by atoms with van der Waals surface area (Å²) in [4.78, 5) is 12.1. The second-order valence-corrected chi connectivity index (χ2v) is 4.71. The van der Waals surface area contributed by atoms with E-state index in [9.17, 15) is 0 Å². The highest BCUT2D eigenvalue weighted by Crippen LogP contribution is 2.20. The normalized spacial score (nSPS) is 11.3. The SMILES string of the molecule is CCC(C)(C)CNc1nc(Cl)nc(NC)n1. The lowest BCUT2D eigenvalue weighted by molar-refractivity contribution is 0.376. The molecule has 0 aliphatic carbocycles. The summed E-state index contributed by atoms with van der Waals surface area (Å²) in [5.41, 5.74) is 0.207. The molecule has 16 heavy (non-hydrogen) atoms. The minimum absolute atomic E-state index is 0.191. The van der Waals surface area contributed by atoms with Crippen molar-refractivity contribution < 1.29 is 0 Å². The Hall–Kier alpha value is -1.10. The number of nitrogens with one attached hydrogen (secondary N) is 2. The molecule has 90 valence electrons. The molecule has 0 unspecified atom stereocenters. The first-order chi connectivity index (χ1) is 7.46. The Bertz CT molecular complexity index is 353. The minimum atomic E-state index is 0.191. The van der Waals surface area contributed by atoms with Crippen molar-refractivity contribution in [2.24, 2.45) is 5.41 Å². The van der Waals surface area contributed by atoms with Crippen LogP contribution in [0.25, 0.3) is 0 Å². The van der Waals surface area contributed by atoms with Gasteiger partial charge in [0.2, 0.25) is 17.2 Å². The van der Waals surface area contributed by atoms with Gasteiger partial charge in [0.05, 0.1) is 0 Å². The third kappa shape index (κ3) is 3.81. The molecule has 2 N–H and O–H groups in total. The number of aromatic nitrogens is 3. The molecule has 0 aliphatic heterocycles. The Morgan fingerprint density at radius 3 is 2.38 bits per heavy atom. The zero-order valence-electron chi connectivity index (χ0n) is 10.1. The second-order valence-electron chi connectivity index (χ2n) is 4.37. The molecule has 0 saturated heterocycles. The van der Waals surface area contributed by atoms with E-state index < -0.39 is 0 Å². The summed E-state index contributed by atoms with van der Waals surface area (Å²) in [6, 6.07) is 0. The van der Waals surface area contributed by atoms with Gasteiger partial charge in [0.25, 0.3) is 0 Å². The molecule has 0 bridgehead atoms. The van der Waals surface area contributed by atoms with Gasteiger partial charge in [-0.3, -0.25) is 0 Å². The van der Waals surface area contributed by atoms with E-state index in [2.05, 4.69) is 46.4 Å². The van der Waals surface area contributed by atoms with Crippen LogP contribution in [0.15, 0.2) is 0 Å². The fourth-order valence-electron chi connectivity index (χ4n) is 0.984. The van der Waals surface area contributed by atoms with Crippen LogP contribution in [-0.4, -0.2) is 28.5 Å². The van der Waals surface area contributed by atoms with E-state index >= 15 is 0 Å². The predicted molar refractivity (Wildman–Crippen MR) is 66.9 cm³/mol. The molecule has 0 aromatic carbocycles. The molecule has 5 nitrogen and oxygen atoms in total. The summed E-state index contributed by atoms with van der Waals surface area (Å²) >= 11 is 5.77. The smallest absolute Gasteiger partial charge is 0.228 e. The standard InChI is InChI=1S/C10H18ClN5/c1-5-10(2,3)6-13-9-15-7(11)14-8(12-4)16-9/h5-6H2,1-4H3,(H2,12,13,14,15,16). The summed E-state index contributed by atoms with van der Waals surface area (Å²) in [7, 11) is 1.74. The zero-order chi connectivity index (χ0) is 12.2. The van der Waals surface area contributed by atoms with Gasteiger partial charge in [-0.1, -0.05) is 20.8 Å². The highest BCUT2D eigenvalue weighted by Gasteiger charge is 2.15. The summed E-state index contributed by atoms with van der Waals surface area (Å²) in [6.07, 6.45) is 1.08. The van der Waals surface area contributed by atoms with E-state index in [1.54, 1.807) is 7.05 Å². The Labute approximate surface area is 101 Å². The second kappa shape index (κ2) is 5.30. The van der Waals surface area contributed by atoms with E-state index in [-0.39, 0.29) is 10.7 Å². The van der Waals surface area contributed by atoms with Crippen molar-refractivity contribution in [3.05, 3.63) is 5.28 Å². The molecule has 1 aromatic heterocycles. The summed E-state index contributed by atoms with van der Waals surface area (Å²) in [6.45, 7) is 7.32. The maximum atomic E-state index is 5.77. The van der Waals surface area contributed by atoms with Crippen molar-refractivity contribution in [2.75, 3.05) is 24.2 Å². The lowest BCUT2D eigenvalue weighted by Crippen LogP contribution is -2.23. The summed E-state index contributed by atoms with van der Waals surface area (Å²) < 4.78 is 0. The van der Waals surface area contributed by atoms with Crippen LogP contribution in [0.5, 0.6) is 0 Å². The Morgan fingerprint density at radius 1 is 1.19 bits per heavy atom. The summed E-state index contributed by atoms with van der Waals surface area (Å²) in [5, 5.41) is 6.19. The molecule has 0 saturated carbocycles. The molecular weight excluding hydrogens is 226 g/mol. The van der Waals surface area contributed by atoms with E-state index in [1.165, 1.54) is 0 Å². The molecule has 0 radical (unpaired) electrons. The van der Waals surface area contributed by atoms with Crippen molar-refractivity contribution in [3.63, 3.8) is 0 Å². The highest BCUT2D eigenvalue weighted by atomic mass is 35.5. The maximum Gasteiger partial charge on any atom is 0.228 e. The third-order valence-corrected chi connectivity index (χ3v) is 2.68. The van der Waals surface area contributed by atoms with Gasteiger partial charge in [-0.15, -0.1) is 0 Å². The van der Waals surface area contributed by atoms with E-state index in [4.69, 9.17) is 11.6 Å². The first-order valence-electron chi connectivity index (χ1n) is 5.30. The molecule has 0 fully saturated rings. The van der Waals surface area contributed by atoms with Gasteiger partial charge in [0, 0.05) is 13.6 Å². The van der Waals surface area contributed by atoms with Gasteiger partial charge in [0.15, 0.2) is 0 Å². The average molecular weight is 244 g/mol. The van der Waals surface area contributed by atoms with Gasteiger partial charge >= 0.3 is 0 Å². The molecule has 6 heteroatoms. The van der Waals surface area contributed by atoms with Crippen molar-refractivity contribution in [3.8, 4) is 0 Å². The Morgan fingerprint density at radius 2 is 1.81 bits per heavy atom. The van der Waals surface area contributed by atoms with Crippen LogP contribution in [0.1, 0.15) is 27.2 Å². The van der Waals surface area contributed by atoms with Crippen molar-refractivity contribution in [2.45, 2.75) is 27.2 Å². The van der Waals surface area contributed by atoms with Gasteiger partial charge in [0.1, 0.15) is 0 Å². The van der Waals surface area contributed by atoms with Crippen molar-refractivity contribution in [1.29, 1.82) is 0 Å². The van der Waals surface area contributed by atoms with E-state index in [0.29, 0.717) is 11.9 Å². The van der Waals surface area contributed by atoms with Crippen LogP contribution in [-0.2, 0) is 0 Å². The number of hydrogen-bond donors (Lipinski definition) is 2. The fraction of sp³-hybridized carbons (Fsp3) is 0.700. The van der Waals surface area contributed by atoms with Gasteiger partial charge < -0.3 is 10.6 Å². The predicted octanol–water partition coefficient (Wildman–Crippen LogP) is 2.41. The molecule has 1 heterocycles. The molecule has 0 amide bonds. The lowest BCUT2D eigenvalue weighted by Gasteiger charge is -2.22. The molecule has 1 rings (SSSR count). The van der Waals surface area contributed by atoms with Gasteiger partial charge in [-0.2, -0.15) is 15.0 Å². The van der Waals surface area contributed by atoms with Crippen LogP contribution < -0.4 is 10.6 Å². The number of halogens is 1. The maximum absolute atomic E-state index is 5.77. The van der Waals surface area contributed by atoms with Crippen LogP contribution in [0, 0.1) is 5.41 Å². The van der Waals surface area contributed by atoms with Crippen molar-refractivity contribution >= 4 is 23.5 Å². The molecule has 1 aromatic rings. The van der Waals surface area contributed by atoms with Crippen LogP contribution in [0.4, 0.5) is 11.9 Å². The molecule has 0 aliphatic rings. The van der Waals surface area contributed by atoms with Gasteiger partial charge in [-0.05, 0) is 23.4 Å². The first-order valence-corrected chi connectivity index (χ1v) is 5.68. The summed E-state index contributed by atoms with van der Waals surface area (Å²) in [5.74, 6) is 0.975. The van der Waals surface area contributed by atoms with Crippen LogP contribution in [0.3, 0.4) is 0 Å². The van der Waals surface area contributed by atoms with Crippen molar-refractivity contribution in [1.82, 2.24) is 15.0 Å². The van der Waals surface area contributed by atoms with E-state index in [1.807, 2.05) is 0 Å². The van der Waals surface area contributed by atoms with Crippen LogP contribution in [0.2, 0.25) is 5.28 Å². The Kier molecular flexibility index (Phi) is 4.29. The molecule has 0 spiro atoms. The fourth-order valence-corrected chi connectivity index (χ4v) is 1.14. The largest absolute Gasteiger partial charge is 0.357 e. The monoisotopic (exact) mass is 243 g/mol. The molecule has 0 atom stereocenters. The number of hydrogen-bond acceptors (Lipinski definition) is 5. The molecular formula is C10H18ClN5. The number of nitrogens with zero attached hydrogens (tertiary/aromatic N) is 3. The minimum Gasteiger partial charge on any atom is -0.357 e. The number of anilines is 2. The first kappa shape index (κ1) is 13.0. The lowest BCUT2D eigenvalue weighted by atomic mass is 9.90. The quantitative estimate of drug-likeness (QED) is 0.832. The topological polar surface area (TPSA) is 62.7 Å². The van der Waals surface area contributed by atoms with E-state index in [0.717, 1.165) is 13.0 Å². The number of rotatable bonds is 5. The van der Waals surface area contributed by atoms with Gasteiger partial charge in [-0.25, -0.2) is 0 Å². The van der Waals surface area contributed by atoms with Crippen LogP contribution >= 0.6 is 11.6 Å². The average Bonchev–Trinajstić information content (AvgIpc) is 2.26. The Balaban J connectivity index is 2.70.